The van der Waals surface area contributed by atoms with E-state index in [2.05, 4.69) is 50.4 Å². The maximum Gasteiger partial charge on any atom is 0.265 e. The molecule has 0 fully saturated rings. The molecule has 0 bridgehead atoms. The third kappa shape index (κ3) is 6.14. The Hall–Kier alpha value is -3.60. The van der Waals surface area contributed by atoms with E-state index < -0.39 is 0 Å². The van der Waals surface area contributed by atoms with Crippen LogP contribution in [0, 0.1) is 0 Å². The zero-order valence-electron chi connectivity index (χ0n) is 21.5. The first-order valence-electron chi connectivity index (χ1n) is 12.8. The van der Waals surface area contributed by atoms with E-state index in [1.54, 1.807) is 4.90 Å². The summed E-state index contributed by atoms with van der Waals surface area (Å²) in [6, 6.07) is 26.3. The Bertz CT molecular complexity index is 1170. The van der Waals surface area contributed by atoms with Gasteiger partial charge in [0.05, 0.1) is 11.7 Å². The number of benzene rings is 3. The van der Waals surface area contributed by atoms with Crippen LogP contribution >= 0.6 is 0 Å². The lowest BCUT2D eigenvalue weighted by Gasteiger charge is -2.32. The maximum absolute atomic E-state index is 13.0. The number of hydrogen-bond acceptors (Lipinski definition) is 3. The molecule has 188 valence electrons. The Balaban J connectivity index is 1.41. The second-order valence-electron chi connectivity index (χ2n) is 10.1. The minimum atomic E-state index is -0.106. The van der Waals surface area contributed by atoms with Crippen molar-refractivity contribution in [3.63, 3.8) is 0 Å². The summed E-state index contributed by atoms with van der Waals surface area (Å²) in [5, 5.41) is 3.22. The zero-order chi connectivity index (χ0) is 25.5. The number of rotatable bonds is 10. The number of hydrogen-bond donors (Lipinski definition) is 1. The summed E-state index contributed by atoms with van der Waals surface area (Å²) in [7, 11) is 0. The van der Waals surface area contributed by atoms with Gasteiger partial charge in [0.15, 0.2) is 6.61 Å². The number of nitrogens with one attached hydrogen (secondary N) is 1. The summed E-state index contributed by atoms with van der Waals surface area (Å²) in [5.74, 6) is 0.642. The summed E-state index contributed by atoms with van der Waals surface area (Å²) in [4.78, 5) is 27.5. The van der Waals surface area contributed by atoms with Crippen molar-refractivity contribution >= 4 is 17.5 Å². The molecule has 3 aromatic carbocycles. The molecule has 1 atom stereocenters. The van der Waals surface area contributed by atoms with Crippen LogP contribution in [0.25, 0.3) is 0 Å². The highest BCUT2D eigenvalue weighted by molar-refractivity contribution is 5.98. The molecular formula is C31H36N2O3. The van der Waals surface area contributed by atoms with E-state index in [0.717, 1.165) is 29.8 Å². The molecule has 1 aliphatic heterocycles. The number of amides is 2. The van der Waals surface area contributed by atoms with Crippen LogP contribution in [-0.4, -0.2) is 25.0 Å². The summed E-state index contributed by atoms with van der Waals surface area (Å²) >= 11 is 0. The van der Waals surface area contributed by atoms with E-state index in [1.807, 2.05) is 54.6 Å². The van der Waals surface area contributed by atoms with Gasteiger partial charge in [-0.05, 0) is 53.5 Å². The summed E-state index contributed by atoms with van der Waals surface area (Å²) in [6.07, 6.45) is 2.64. The Kier molecular flexibility index (Phi) is 8.09. The predicted molar refractivity (Wildman–Crippen MR) is 144 cm³/mol. The van der Waals surface area contributed by atoms with Crippen molar-refractivity contribution in [1.29, 1.82) is 0 Å². The molecule has 1 unspecified atom stereocenters. The van der Waals surface area contributed by atoms with Gasteiger partial charge in [-0.3, -0.25) is 9.59 Å². The topological polar surface area (TPSA) is 58.6 Å². The van der Waals surface area contributed by atoms with Gasteiger partial charge in [0, 0.05) is 13.0 Å². The lowest BCUT2D eigenvalue weighted by Crippen LogP contribution is -2.40. The Labute approximate surface area is 214 Å². The molecule has 1 heterocycles. The molecule has 3 aromatic rings. The van der Waals surface area contributed by atoms with E-state index in [1.165, 1.54) is 11.1 Å². The normalized spacial score (nSPS) is 14.1. The molecule has 0 aromatic heterocycles. The second kappa shape index (κ2) is 11.4. The molecule has 5 nitrogen and oxygen atoms in total. The van der Waals surface area contributed by atoms with Crippen molar-refractivity contribution in [2.75, 3.05) is 18.1 Å². The third-order valence-corrected chi connectivity index (χ3v) is 7.17. The molecule has 0 saturated carbocycles. The lowest BCUT2D eigenvalue weighted by molar-refractivity contribution is -0.123. The van der Waals surface area contributed by atoms with Crippen LogP contribution in [0.2, 0.25) is 0 Å². The van der Waals surface area contributed by atoms with Crippen LogP contribution in [-0.2, 0) is 21.4 Å². The van der Waals surface area contributed by atoms with Crippen LogP contribution in [0.15, 0.2) is 78.9 Å². The number of ether oxygens (including phenoxy) is 1. The van der Waals surface area contributed by atoms with Crippen LogP contribution in [0.3, 0.4) is 0 Å². The van der Waals surface area contributed by atoms with Crippen molar-refractivity contribution in [3.05, 3.63) is 95.6 Å². The maximum atomic E-state index is 13.0. The fourth-order valence-corrected chi connectivity index (χ4v) is 4.52. The van der Waals surface area contributed by atoms with Gasteiger partial charge in [-0.25, -0.2) is 0 Å². The van der Waals surface area contributed by atoms with Gasteiger partial charge in [-0.2, -0.15) is 0 Å². The highest BCUT2D eigenvalue weighted by Crippen LogP contribution is 2.37. The number of carbonyl (C=O) groups excluding carboxylic acids is 2. The third-order valence-electron chi connectivity index (χ3n) is 7.17. The van der Waals surface area contributed by atoms with E-state index >= 15 is 0 Å². The number of carbonyl (C=O) groups is 2. The smallest absolute Gasteiger partial charge is 0.265 e. The van der Waals surface area contributed by atoms with Gasteiger partial charge in [-0.15, -0.1) is 0 Å². The molecule has 5 heteroatoms. The minimum absolute atomic E-state index is 0.00623. The summed E-state index contributed by atoms with van der Waals surface area (Å²) < 4.78 is 5.68. The molecule has 1 N–H and O–H groups in total. The molecule has 36 heavy (non-hydrogen) atoms. The standard InChI is InChI=1S/C31H36N2O3/c1-4-31(2,3)25-17-18-28-27(21-25)33(30(35)22-36-28)19-11-16-29(34)32-26(24-14-9-6-10-15-24)20-23-12-7-5-8-13-23/h5-10,12-15,17-18,21,26H,4,11,16,19-20,22H2,1-3H3,(H,32,34). The van der Waals surface area contributed by atoms with Crippen molar-refractivity contribution < 1.29 is 14.3 Å². The first kappa shape index (κ1) is 25.5. The van der Waals surface area contributed by atoms with Crippen LogP contribution < -0.4 is 15.0 Å². The fraction of sp³-hybridized carbons (Fsp3) is 0.355. The van der Waals surface area contributed by atoms with E-state index in [4.69, 9.17) is 4.74 Å². The van der Waals surface area contributed by atoms with Crippen molar-refractivity contribution in [1.82, 2.24) is 5.32 Å². The Morgan fingerprint density at radius 3 is 2.42 bits per heavy atom. The van der Waals surface area contributed by atoms with E-state index in [-0.39, 0.29) is 29.9 Å². The number of anilines is 1. The average Bonchev–Trinajstić information content (AvgIpc) is 2.90. The van der Waals surface area contributed by atoms with Gasteiger partial charge < -0.3 is 15.0 Å². The van der Waals surface area contributed by atoms with Crippen molar-refractivity contribution in [2.24, 2.45) is 0 Å². The molecule has 4 rings (SSSR count). The monoisotopic (exact) mass is 484 g/mol. The lowest BCUT2D eigenvalue weighted by atomic mass is 9.82. The highest BCUT2D eigenvalue weighted by Gasteiger charge is 2.28. The van der Waals surface area contributed by atoms with Gasteiger partial charge in [-0.1, -0.05) is 87.5 Å². The molecule has 0 aliphatic carbocycles. The molecule has 0 radical (unpaired) electrons. The van der Waals surface area contributed by atoms with Gasteiger partial charge in [0.25, 0.3) is 5.91 Å². The van der Waals surface area contributed by atoms with E-state index in [0.29, 0.717) is 19.4 Å². The van der Waals surface area contributed by atoms with Gasteiger partial charge in [0.1, 0.15) is 5.75 Å². The molecule has 2 amide bonds. The Morgan fingerprint density at radius 2 is 1.72 bits per heavy atom. The first-order valence-corrected chi connectivity index (χ1v) is 12.8. The van der Waals surface area contributed by atoms with Crippen molar-refractivity contribution in [2.45, 2.75) is 57.9 Å². The first-order chi connectivity index (χ1) is 17.4. The Morgan fingerprint density at radius 1 is 1.03 bits per heavy atom. The average molecular weight is 485 g/mol. The second-order valence-corrected chi connectivity index (χ2v) is 10.1. The molecular weight excluding hydrogens is 448 g/mol. The SMILES string of the molecule is CCC(C)(C)c1ccc2c(c1)N(CCCC(=O)NC(Cc1ccccc1)c1ccccc1)C(=O)CO2. The van der Waals surface area contributed by atoms with Gasteiger partial charge >= 0.3 is 0 Å². The summed E-state index contributed by atoms with van der Waals surface area (Å²) in [5.41, 5.74) is 4.24. The van der Waals surface area contributed by atoms with Crippen LogP contribution in [0.1, 0.15) is 62.8 Å². The fourth-order valence-electron chi connectivity index (χ4n) is 4.52. The summed E-state index contributed by atoms with van der Waals surface area (Å²) in [6.45, 7) is 7.08. The highest BCUT2D eigenvalue weighted by atomic mass is 16.5. The minimum Gasteiger partial charge on any atom is -0.482 e. The largest absolute Gasteiger partial charge is 0.482 e. The zero-order valence-corrected chi connectivity index (χ0v) is 21.5. The molecule has 0 saturated heterocycles. The van der Waals surface area contributed by atoms with Crippen LogP contribution in [0.4, 0.5) is 5.69 Å². The van der Waals surface area contributed by atoms with Gasteiger partial charge in [0.2, 0.25) is 5.91 Å². The van der Waals surface area contributed by atoms with E-state index in [9.17, 15) is 9.59 Å². The quantitative estimate of drug-likeness (QED) is 0.385. The number of nitrogens with zero attached hydrogens (tertiary/aromatic N) is 1. The molecule has 0 spiro atoms. The number of fused-ring (bicyclic) bond motifs is 1. The van der Waals surface area contributed by atoms with Crippen LogP contribution in [0.5, 0.6) is 5.75 Å². The van der Waals surface area contributed by atoms with Crippen molar-refractivity contribution in [3.8, 4) is 5.75 Å². The predicted octanol–water partition coefficient (Wildman–Crippen LogP) is 5.98. The molecule has 1 aliphatic rings.